The average Bonchev–Trinajstić information content (AvgIpc) is 2.74. The van der Waals surface area contributed by atoms with Gasteiger partial charge in [0.2, 0.25) is 0 Å². The van der Waals surface area contributed by atoms with E-state index in [1.807, 2.05) is 0 Å². The van der Waals surface area contributed by atoms with Crippen LogP contribution in [-0.2, 0) is 19.1 Å². The predicted molar refractivity (Wildman–Crippen MR) is 60.0 cm³/mol. The quantitative estimate of drug-likeness (QED) is 0.531. The molecule has 0 aromatic carbocycles. The lowest BCUT2D eigenvalue weighted by atomic mass is 10.2. The molecule has 0 bridgehead atoms. The van der Waals surface area contributed by atoms with Crippen LogP contribution in [0.5, 0.6) is 0 Å². The van der Waals surface area contributed by atoms with Crippen LogP contribution in [-0.4, -0.2) is 48.4 Å². The summed E-state index contributed by atoms with van der Waals surface area (Å²) in [7, 11) is 1.28. The third-order valence-corrected chi connectivity index (χ3v) is 2.60. The standard InChI is InChI=1S/C11H18N2O4/c1-7(2)12-9(14)10(15)13-6-4-5-8(13)11(16)17-3/h7-8H,4-6H2,1-3H3,(H,12,14). The number of rotatable bonds is 2. The molecule has 0 aromatic heterocycles. The van der Waals surface area contributed by atoms with Crippen molar-refractivity contribution < 1.29 is 19.1 Å². The normalized spacial score (nSPS) is 19.3. The highest BCUT2D eigenvalue weighted by atomic mass is 16.5. The van der Waals surface area contributed by atoms with Gasteiger partial charge in [-0.2, -0.15) is 0 Å². The fourth-order valence-corrected chi connectivity index (χ4v) is 1.85. The van der Waals surface area contributed by atoms with Crippen molar-refractivity contribution in [1.82, 2.24) is 10.2 Å². The van der Waals surface area contributed by atoms with E-state index in [0.717, 1.165) is 0 Å². The Hall–Kier alpha value is -1.59. The zero-order chi connectivity index (χ0) is 13.0. The van der Waals surface area contributed by atoms with Gasteiger partial charge in [0.25, 0.3) is 0 Å². The van der Waals surface area contributed by atoms with Gasteiger partial charge in [0.1, 0.15) is 6.04 Å². The van der Waals surface area contributed by atoms with E-state index in [4.69, 9.17) is 0 Å². The van der Waals surface area contributed by atoms with Crippen LogP contribution in [0.25, 0.3) is 0 Å². The number of nitrogens with one attached hydrogen (secondary N) is 1. The van der Waals surface area contributed by atoms with Crippen LogP contribution < -0.4 is 5.32 Å². The van der Waals surface area contributed by atoms with Crippen molar-refractivity contribution in [3.8, 4) is 0 Å². The molecule has 1 rings (SSSR count). The molecule has 1 saturated heterocycles. The molecule has 1 unspecified atom stereocenters. The Kier molecular flexibility index (Phi) is 4.48. The van der Waals surface area contributed by atoms with Crippen molar-refractivity contribution in [3.63, 3.8) is 0 Å². The summed E-state index contributed by atoms with van der Waals surface area (Å²) in [6.07, 6.45) is 1.26. The number of esters is 1. The van der Waals surface area contributed by atoms with Crippen LogP contribution in [0.15, 0.2) is 0 Å². The monoisotopic (exact) mass is 242 g/mol. The van der Waals surface area contributed by atoms with Gasteiger partial charge >= 0.3 is 17.8 Å². The second kappa shape index (κ2) is 5.65. The van der Waals surface area contributed by atoms with E-state index in [9.17, 15) is 14.4 Å². The second-order valence-corrected chi connectivity index (χ2v) is 4.31. The van der Waals surface area contributed by atoms with E-state index in [0.29, 0.717) is 19.4 Å². The van der Waals surface area contributed by atoms with Crippen molar-refractivity contribution in [3.05, 3.63) is 0 Å². The van der Waals surface area contributed by atoms with Crippen molar-refractivity contribution >= 4 is 17.8 Å². The molecule has 1 aliphatic rings. The number of hydrogen-bond donors (Lipinski definition) is 1. The maximum absolute atomic E-state index is 11.8. The van der Waals surface area contributed by atoms with Crippen LogP contribution >= 0.6 is 0 Å². The van der Waals surface area contributed by atoms with Gasteiger partial charge in [0.05, 0.1) is 7.11 Å². The lowest BCUT2D eigenvalue weighted by Gasteiger charge is -2.22. The van der Waals surface area contributed by atoms with Crippen LogP contribution in [0.2, 0.25) is 0 Å². The minimum atomic E-state index is -0.671. The zero-order valence-corrected chi connectivity index (χ0v) is 10.4. The number of carbonyl (C=O) groups is 3. The molecular weight excluding hydrogens is 224 g/mol. The Balaban J connectivity index is 2.68. The first-order valence-corrected chi connectivity index (χ1v) is 5.66. The van der Waals surface area contributed by atoms with Gasteiger partial charge < -0.3 is 15.0 Å². The summed E-state index contributed by atoms with van der Waals surface area (Å²) in [5.41, 5.74) is 0. The van der Waals surface area contributed by atoms with Gasteiger partial charge in [0, 0.05) is 12.6 Å². The van der Waals surface area contributed by atoms with Gasteiger partial charge in [-0.05, 0) is 26.7 Å². The molecule has 2 amide bonds. The number of nitrogens with zero attached hydrogens (tertiary/aromatic N) is 1. The van der Waals surface area contributed by atoms with E-state index in [1.54, 1.807) is 13.8 Å². The van der Waals surface area contributed by atoms with Crippen LogP contribution in [0.1, 0.15) is 26.7 Å². The van der Waals surface area contributed by atoms with Gasteiger partial charge in [-0.15, -0.1) is 0 Å². The number of ether oxygens (including phenoxy) is 1. The number of hydrogen-bond acceptors (Lipinski definition) is 4. The van der Waals surface area contributed by atoms with Crippen molar-refractivity contribution in [2.24, 2.45) is 0 Å². The van der Waals surface area contributed by atoms with Crippen LogP contribution in [0.3, 0.4) is 0 Å². The fourth-order valence-electron chi connectivity index (χ4n) is 1.85. The minimum absolute atomic E-state index is 0.106. The van der Waals surface area contributed by atoms with Crippen molar-refractivity contribution in [1.29, 1.82) is 0 Å². The molecule has 17 heavy (non-hydrogen) atoms. The summed E-state index contributed by atoms with van der Waals surface area (Å²) in [5, 5.41) is 2.51. The largest absolute Gasteiger partial charge is 0.467 e. The molecule has 1 fully saturated rings. The summed E-state index contributed by atoms with van der Waals surface area (Å²) >= 11 is 0. The van der Waals surface area contributed by atoms with Crippen molar-refractivity contribution in [2.45, 2.75) is 38.8 Å². The molecule has 1 atom stereocenters. The first-order chi connectivity index (χ1) is 7.97. The Morgan fingerprint density at radius 2 is 2.00 bits per heavy atom. The van der Waals surface area contributed by atoms with Gasteiger partial charge in [-0.1, -0.05) is 0 Å². The molecule has 1 N–H and O–H groups in total. The summed E-state index contributed by atoms with van der Waals surface area (Å²) in [6.45, 7) is 3.96. The maximum Gasteiger partial charge on any atom is 0.328 e. The zero-order valence-electron chi connectivity index (χ0n) is 10.4. The summed E-state index contributed by atoms with van der Waals surface area (Å²) in [4.78, 5) is 36.1. The van der Waals surface area contributed by atoms with Gasteiger partial charge in [-0.3, -0.25) is 9.59 Å². The Morgan fingerprint density at radius 1 is 1.35 bits per heavy atom. The lowest BCUT2D eigenvalue weighted by molar-refractivity contribution is -0.154. The van der Waals surface area contributed by atoms with E-state index in [1.165, 1.54) is 12.0 Å². The minimum Gasteiger partial charge on any atom is -0.467 e. The molecule has 6 heteroatoms. The molecule has 6 nitrogen and oxygen atoms in total. The SMILES string of the molecule is COC(=O)C1CCCN1C(=O)C(=O)NC(C)C. The Bertz CT molecular complexity index is 327. The van der Waals surface area contributed by atoms with E-state index in [-0.39, 0.29) is 6.04 Å². The number of likely N-dealkylation sites (tertiary alicyclic amines) is 1. The van der Waals surface area contributed by atoms with E-state index in [2.05, 4.69) is 10.1 Å². The predicted octanol–water partition coefficient (Wildman–Crippen LogP) is -0.325. The van der Waals surface area contributed by atoms with Crippen molar-refractivity contribution in [2.75, 3.05) is 13.7 Å². The molecule has 0 saturated carbocycles. The Morgan fingerprint density at radius 3 is 2.53 bits per heavy atom. The molecule has 0 radical (unpaired) electrons. The summed E-state index contributed by atoms with van der Waals surface area (Å²) < 4.78 is 4.61. The summed E-state index contributed by atoms with van der Waals surface area (Å²) in [6, 6.07) is -0.726. The lowest BCUT2D eigenvalue weighted by Crippen LogP contribution is -2.49. The highest BCUT2D eigenvalue weighted by Crippen LogP contribution is 2.18. The summed E-state index contributed by atoms with van der Waals surface area (Å²) in [5.74, 6) is -1.80. The van der Waals surface area contributed by atoms with Gasteiger partial charge in [0.15, 0.2) is 0 Å². The molecule has 0 aliphatic carbocycles. The molecule has 96 valence electrons. The second-order valence-electron chi connectivity index (χ2n) is 4.31. The molecule has 1 aliphatic heterocycles. The number of methoxy groups -OCH3 is 1. The number of amides is 2. The Labute approximate surface area is 100 Å². The first-order valence-electron chi connectivity index (χ1n) is 5.66. The average molecular weight is 242 g/mol. The molecule has 1 heterocycles. The van der Waals surface area contributed by atoms with Gasteiger partial charge in [-0.25, -0.2) is 4.79 Å². The highest BCUT2D eigenvalue weighted by Gasteiger charge is 2.37. The third-order valence-electron chi connectivity index (χ3n) is 2.60. The number of carbonyl (C=O) groups excluding carboxylic acids is 3. The fraction of sp³-hybridized carbons (Fsp3) is 0.727. The topological polar surface area (TPSA) is 75.7 Å². The van der Waals surface area contributed by atoms with Crippen LogP contribution in [0, 0.1) is 0 Å². The van der Waals surface area contributed by atoms with E-state index < -0.39 is 23.8 Å². The molecule has 0 aromatic rings. The maximum atomic E-state index is 11.8. The third kappa shape index (κ3) is 3.18. The highest BCUT2D eigenvalue weighted by molar-refractivity contribution is 6.35. The molecular formula is C11H18N2O4. The van der Waals surface area contributed by atoms with E-state index >= 15 is 0 Å². The molecule has 0 spiro atoms. The van der Waals surface area contributed by atoms with Crippen LogP contribution in [0.4, 0.5) is 0 Å². The smallest absolute Gasteiger partial charge is 0.328 e. The first kappa shape index (κ1) is 13.5.